The number of hydrogen-bond acceptors (Lipinski definition) is 5. The van der Waals surface area contributed by atoms with Gasteiger partial charge in [0.2, 0.25) is 0 Å². The lowest BCUT2D eigenvalue weighted by molar-refractivity contribution is 0.284. The molecular weight excluding hydrogens is 308 g/mol. The highest BCUT2D eigenvalue weighted by Crippen LogP contribution is 2.28. The molecule has 0 atom stereocenters. The second kappa shape index (κ2) is 10.1. The molecule has 1 heterocycles. The number of benzene rings is 1. The van der Waals surface area contributed by atoms with Crippen LogP contribution in [-0.2, 0) is 13.2 Å². The summed E-state index contributed by atoms with van der Waals surface area (Å²) < 4.78 is 11.3. The van der Waals surface area contributed by atoms with Gasteiger partial charge in [0.05, 0.1) is 7.11 Å². The first kappa shape index (κ1) is 17.6. The van der Waals surface area contributed by atoms with Crippen molar-refractivity contribution in [3.8, 4) is 11.5 Å². The lowest BCUT2D eigenvalue weighted by Gasteiger charge is -2.12. The maximum absolute atomic E-state index is 5.85. The van der Waals surface area contributed by atoms with E-state index >= 15 is 0 Å². The third kappa shape index (κ3) is 6.12. The standard InChI is InChI=1S/C18H24N2O2S/c1-21-18-12-16(13-20-8-3-11-23-2)4-5-17(18)22-14-15-6-9-19-10-7-15/h4-7,9-10,12,20H,3,8,11,13-14H2,1-2H3. The summed E-state index contributed by atoms with van der Waals surface area (Å²) in [5.41, 5.74) is 2.28. The summed E-state index contributed by atoms with van der Waals surface area (Å²) in [5, 5.41) is 3.45. The van der Waals surface area contributed by atoms with E-state index < -0.39 is 0 Å². The molecule has 4 nitrogen and oxygen atoms in total. The predicted octanol–water partition coefficient (Wildman–Crippen LogP) is 3.51. The first-order chi connectivity index (χ1) is 11.3. The Labute approximate surface area is 142 Å². The zero-order chi connectivity index (χ0) is 16.3. The van der Waals surface area contributed by atoms with Gasteiger partial charge < -0.3 is 14.8 Å². The van der Waals surface area contributed by atoms with Crippen molar-refractivity contribution in [2.75, 3.05) is 25.7 Å². The maximum atomic E-state index is 5.85. The highest BCUT2D eigenvalue weighted by molar-refractivity contribution is 7.98. The summed E-state index contributed by atoms with van der Waals surface area (Å²) >= 11 is 1.88. The van der Waals surface area contributed by atoms with Crippen molar-refractivity contribution >= 4 is 11.8 Å². The number of nitrogens with one attached hydrogen (secondary N) is 1. The highest BCUT2D eigenvalue weighted by Gasteiger charge is 2.06. The van der Waals surface area contributed by atoms with E-state index in [-0.39, 0.29) is 0 Å². The molecule has 124 valence electrons. The fourth-order valence-electron chi connectivity index (χ4n) is 2.16. The molecular formula is C18H24N2O2S. The summed E-state index contributed by atoms with van der Waals surface area (Å²) in [6, 6.07) is 9.97. The smallest absolute Gasteiger partial charge is 0.161 e. The van der Waals surface area contributed by atoms with Crippen LogP contribution in [0.15, 0.2) is 42.7 Å². The molecule has 0 amide bonds. The summed E-state index contributed by atoms with van der Waals surface area (Å²) in [6.07, 6.45) is 6.85. The number of aromatic nitrogens is 1. The van der Waals surface area contributed by atoms with E-state index in [9.17, 15) is 0 Å². The Morgan fingerprint density at radius 3 is 2.65 bits per heavy atom. The average Bonchev–Trinajstić information content (AvgIpc) is 2.61. The molecule has 23 heavy (non-hydrogen) atoms. The van der Waals surface area contributed by atoms with Crippen LogP contribution in [0.5, 0.6) is 11.5 Å². The number of thioether (sulfide) groups is 1. The van der Waals surface area contributed by atoms with E-state index in [1.54, 1.807) is 19.5 Å². The van der Waals surface area contributed by atoms with Gasteiger partial charge in [0.1, 0.15) is 6.61 Å². The topological polar surface area (TPSA) is 43.4 Å². The molecule has 2 rings (SSSR count). The van der Waals surface area contributed by atoms with E-state index in [0.29, 0.717) is 6.61 Å². The first-order valence-corrected chi connectivity index (χ1v) is 9.11. The van der Waals surface area contributed by atoms with Crippen molar-refractivity contribution in [1.82, 2.24) is 10.3 Å². The van der Waals surface area contributed by atoms with Gasteiger partial charge in [0.15, 0.2) is 11.5 Å². The fraction of sp³-hybridized carbons (Fsp3) is 0.389. The minimum Gasteiger partial charge on any atom is -0.493 e. The Bertz CT molecular complexity index is 578. The molecule has 0 unspecified atom stereocenters. The van der Waals surface area contributed by atoms with Crippen molar-refractivity contribution in [1.29, 1.82) is 0 Å². The Morgan fingerprint density at radius 1 is 1.09 bits per heavy atom. The summed E-state index contributed by atoms with van der Waals surface area (Å²) in [7, 11) is 1.67. The predicted molar refractivity (Wildman–Crippen MR) is 96.3 cm³/mol. The Balaban J connectivity index is 1.88. The van der Waals surface area contributed by atoms with Crippen LogP contribution >= 0.6 is 11.8 Å². The highest BCUT2D eigenvalue weighted by atomic mass is 32.2. The molecule has 2 aromatic rings. The number of pyridine rings is 1. The SMILES string of the molecule is COc1cc(CNCCCSC)ccc1OCc1ccncc1. The van der Waals surface area contributed by atoms with Crippen LogP contribution in [0.4, 0.5) is 0 Å². The van der Waals surface area contributed by atoms with Gasteiger partial charge in [-0.3, -0.25) is 4.98 Å². The van der Waals surface area contributed by atoms with E-state index in [1.807, 2.05) is 36.0 Å². The monoisotopic (exact) mass is 332 g/mol. The molecule has 0 spiro atoms. The number of ether oxygens (including phenoxy) is 2. The Morgan fingerprint density at radius 2 is 1.91 bits per heavy atom. The molecule has 1 aromatic heterocycles. The van der Waals surface area contributed by atoms with Gasteiger partial charge in [0, 0.05) is 18.9 Å². The summed E-state index contributed by atoms with van der Waals surface area (Å²) in [5.74, 6) is 2.72. The van der Waals surface area contributed by atoms with Gasteiger partial charge in [-0.2, -0.15) is 11.8 Å². The largest absolute Gasteiger partial charge is 0.493 e. The van der Waals surface area contributed by atoms with Crippen molar-refractivity contribution < 1.29 is 9.47 Å². The number of nitrogens with zero attached hydrogens (tertiary/aromatic N) is 1. The van der Waals surface area contributed by atoms with Crippen LogP contribution in [0.2, 0.25) is 0 Å². The van der Waals surface area contributed by atoms with Crippen LogP contribution < -0.4 is 14.8 Å². The number of rotatable bonds is 10. The number of methoxy groups -OCH3 is 1. The Kier molecular flexibility index (Phi) is 7.77. The van der Waals surface area contributed by atoms with E-state index in [4.69, 9.17) is 9.47 Å². The van der Waals surface area contributed by atoms with Crippen molar-refractivity contribution in [2.24, 2.45) is 0 Å². The molecule has 1 N–H and O–H groups in total. The van der Waals surface area contributed by atoms with Crippen molar-refractivity contribution in [3.05, 3.63) is 53.9 Å². The van der Waals surface area contributed by atoms with Crippen LogP contribution in [0.25, 0.3) is 0 Å². The van der Waals surface area contributed by atoms with Gasteiger partial charge in [-0.15, -0.1) is 0 Å². The lowest BCUT2D eigenvalue weighted by atomic mass is 10.2. The quantitative estimate of drug-likeness (QED) is 0.675. The van der Waals surface area contributed by atoms with Crippen molar-refractivity contribution in [2.45, 2.75) is 19.6 Å². The molecule has 5 heteroatoms. The fourth-order valence-corrected chi connectivity index (χ4v) is 2.59. The average molecular weight is 332 g/mol. The van der Waals surface area contributed by atoms with Crippen LogP contribution in [0.3, 0.4) is 0 Å². The van der Waals surface area contributed by atoms with Crippen LogP contribution in [-0.4, -0.2) is 30.6 Å². The second-order valence-corrected chi connectivity index (χ2v) is 6.14. The van der Waals surface area contributed by atoms with Gasteiger partial charge >= 0.3 is 0 Å². The third-order valence-electron chi connectivity index (χ3n) is 3.40. The molecule has 1 aromatic carbocycles. The third-order valence-corrected chi connectivity index (χ3v) is 4.10. The molecule has 0 radical (unpaired) electrons. The van der Waals surface area contributed by atoms with Crippen molar-refractivity contribution in [3.63, 3.8) is 0 Å². The molecule has 0 aliphatic heterocycles. The minimum absolute atomic E-state index is 0.505. The zero-order valence-corrected chi connectivity index (χ0v) is 14.6. The molecule has 0 aliphatic rings. The van der Waals surface area contributed by atoms with Gasteiger partial charge in [-0.25, -0.2) is 0 Å². The van der Waals surface area contributed by atoms with Gasteiger partial charge in [-0.05, 0) is 60.4 Å². The first-order valence-electron chi connectivity index (χ1n) is 7.71. The van der Waals surface area contributed by atoms with Gasteiger partial charge in [0.25, 0.3) is 0 Å². The van der Waals surface area contributed by atoms with E-state index in [2.05, 4.69) is 22.6 Å². The zero-order valence-electron chi connectivity index (χ0n) is 13.7. The molecule has 0 saturated heterocycles. The molecule has 0 fully saturated rings. The van der Waals surface area contributed by atoms with E-state index in [1.165, 1.54) is 17.7 Å². The van der Waals surface area contributed by atoms with Gasteiger partial charge in [-0.1, -0.05) is 6.07 Å². The normalized spacial score (nSPS) is 10.5. The summed E-state index contributed by atoms with van der Waals surface area (Å²) in [4.78, 5) is 4.00. The molecule has 0 bridgehead atoms. The second-order valence-electron chi connectivity index (χ2n) is 5.15. The minimum atomic E-state index is 0.505. The number of hydrogen-bond donors (Lipinski definition) is 1. The lowest BCUT2D eigenvalue weighted by Crippen LogP contribution is -2.15. The summed E-state index contributed by atoms with van der Waals surface area (Å²) in [6.45, 7) is 2.38. The van der Waals surface area contributed by atoms with Crippen LogP contribution in [0, 0.1) is 0 Å². The molecule has 0 saturated carbocycles. The van der Waals surface area contributed by atoms with Crippen LogP contribution in [0.1, 0.15) is 17.5 Å². The van der Waals surface area contributed by atoms with E-state index in [0.717, 1.165) is 30.2 Å². The molecule has 0 aliphatic carbocycles. The Hall–Kier alpha value is -1.72. The maximum Gasteiger partial charge on any atom is 0.161 e.